The minimum Gasteiger partial charge on any atom is -0.373 e. The van der Waals surface area contributed by atoms with Crippen molar-refractivity contribution in [2.24, 2.45) is 4.99 Å². The number of nitrogens with one attached hydrogen (secondary N) is 2. The van der Waals surface area contributed by atoms with Gasteiger partial charge in [0.1, 0.15) is 6.17 Å². The monoisotopic (exact) mass is 875 g/mol. The van der Waals surface area contributed by atoms with Crippen molar-refractivity contribution in [3.63, 3.8) is 0 Å². The predicted octanol–water partition coefficient (Wildman–Crippen LogP) is 15.7. The van der Waals surface area contributed by atoms with E-state index in [9.17, 15) is 0 Å². The van der Waals surface area contributed by atoms with Crippen molar-refractivity contribution in [2.45, 2.75) is 12.2 Å². The number of thiophene rings is 1. The molecule has 0 spiro atoms. The smallest absolute Gasteiger partial charge is 0.145 e. The van der Waals surface area contributed by atoms with E-state index in [1.54, 1.807) is 0 Å². The number of fused-ring (bicyclic) bond motifs is 3. The Hall–Kier alpha value is -8.31. The van der Waals surface area contributed by atoms with Crippen molar-refractivity contribution in [1.29, 1.82) is 0 Å². The molecule has 0 bridgehead atoms. The normalized spacial score (nSPS) is 16.1. The summed E-state index contributed by atoms with van der Waals surface area (Å²) in [5.74, 6) is 0. The second-order valence-corrected chi connectivity index (χ2v) is 18.1. The molecule has 4 heteroatoms. The summed E-state index contributed by atoms with van der Waals surface area (Å²) in [4.78, 5) is 5.50. The van der Waals surface area contributed by atoms with Gasteiger partial charge in [-0.05, 0) is 85.5 Å². The molecule has 0 saturated carbocycles. The molecule has 0 saturated heterocycles. The summed E-state index contributed by atoms with van der Waals surface area (Å²) in [5.41, 5.74) is 18.1. The molecule has 3 heterocycles. The zero-order valence-electron chi connectivity index (χ0n) is 36.7. The van der Waals surface area contributed by atoms with Gasteiger partial charge in [-0.1, -0.05) is 224 Å². The molecule has 2 N–H and O–H groups in total. The molecule has 2 aliphatic rings. The third-order valence-corrected chi connectivity index (χ3v) is 14.2. The van der Waals surface area contributed by atoms with E-state index in [1.165, 1.54) is 53.6 Å². The molecule has 0 amide bonds. The van der Waals surface area contributed by atoms with Gasteiger partial charge in [0.05, 0.1) is 17.5 Å². The van der Waals surface area contributed by atoms with Crippen molar-refractivity contribution < 1.29 is 0 Å². The fourth-order valence-corrected chi connectivity index (χ4v) is 11.1. The Balaban J connectivity index is 1.05. The standard InChI is InChI=1S/C63H45N3S/c1-6-21-42(22-7-1)58-57(59(43-23-8-2-9-24-43)61(45-27-12-4-13-28-45)66-60(58)44-25-10-3-11-26-44)50-34-19-33-49(40-50)55-41-54(64-63(65-55)46-29-14-5-15-30-46)48-32-18-31-47(39-48)51-36-20-37-53-52-35-16-17-38-56(52)67-62(51)53/h1-41,60,63-64,66H. The predicted molar refractivity (Wildman–Crippen MR) is 283 cm³/mol. The van der Waals surface area contributed by atoms with Crippen LogP contribution < -0.4 is 10.6 Å². The molecule has 2 atom stereocenters. The first-order chi connectivity index (χ1) is 33.2. The molecule has 10 aromatic rings. The SMILES string of the molecule is C1=C(c2cccc(-c3cccc4c3sc3ccccc34)c2)NC(c2ccccc2)N=C1c1cccc(C2=C(c3ccccc3)C(c3ccccc3)NC(c3ccccc3)=C2c2ccccc2)c1. The molecule has 3 nitrogen and oxygen atoms in total. The fraction of sp³-hybridized carbons (Fsp3) is 0.0317. The number of aliphatic imine (C=N–C) groups is 1. The van der Waals surface area contributed by atoms with Crippen LogP contribution in [0.5, 0.6) is 0 Å². The van der Waals surface area contributed by atoms with Gasteiger partial charge in [-0.25, -0.2) is 0 Å². The average molecular weight is 876 g/mol. The van der Waals surface area contributed by atoms with E-state index >= 15 is 0 Å². The molecular formula is C63H45N3S. The maximum absolute atomic E-state index is 5.50. The molecule has 12 rings (SSSR count). The molecule has 2 aliphatic heterocycles. The van der Waals surface area contributed by atoms with Gasteiger partial charge in [0, 0.05) is 37.0 Å². The molecule has 2 unspecified atom stereocenters. The first-order valence-corrected chi connectivity index (χ1v) is 23.7. The van der Waals surface area contributed by atoms with Crippen molar-refractivity contribution in [1.82, 2.24) is 10.6 Å². The average Bonchev–Trinajstić information content (AvgIpc) is 3.80. The highest BCUT2D eigenvalue weighted by Crippen LogP contribution is 2.50. The lowest BCUT2D eigenvalue weighted by atomic mass is 9.76. The highest BCUT2D eigenvalue weighted by atomic mass is 32.1. The quantitative estimate of drug-likeness (QED) is 0.152. The number of benzene rings is 9. The summed E-state index contributed by atoms with van der Waals surface area (Å²) in [5, 5.41) is 10.6. The number of rotatable bonds is 9. The van der Waals surface area contributed by atoms with Gasteiger partial charge in [-0.3, -0.25) is 4.99 Å². The van der Waals surface area contributed by atoms with Crippen LogP contribution in [0.3, 0.4) is 0 Å². The largest absolute Gasteiger partial charge is 0.373 e. The van der Waals surface area contributed by atoms with Crippen LogP contribution in [0.2, 0.25) is 0 Å². The van der Waals surface area contributed by atoms with Gasteiger partial charge in [0.15, 0.2) is 0 Å². The minimum absolute atomic E-state index is 0.138. The Labute approximate surface area is 395 Å². The van der Waals surface area contributed by atoms with Crippen molar-refractivity contribution in [2.75, 3.05) is 0 Å². The summed E-state index contributed by atoms with van der Waals surface area (Å²) >= 11 is 1.87. The van der Waals surface area contributed by atoms with E-state index in [2.05, 4.69) is 259 Å². The van der Waals surface area contributed by atoms with Crippen molar-refractivity contribution in [3.8, 4) is 11.1 Å². The summed E-state index contributed by atoms with van der Waals surface area (Å²) in [7, 11) is 0. The zero-order chi connectivity index (χ0) is 44.5. The van der Waals surface area contributed by atoms with Crippen LogP contribution in [0, 0.1) is 0 Å². The Bertz CT molecular complexity index is 3550. The summed E-state index contributed by atoms with van der Waals surface area (Å²) in [6.45, 7) is 0. The second kappa shape index (κ2) is 17.6. The fourth-order valence-electron chi connectivity index (χ4n) is 9.86. The lowest BCUT2D eigenvalue weighted by Gasteiger charge is -2.36. The maximum Gasteiger partial charge on any atom is 0.145 e. The molecule has 0 aliphatic carbocycles. The number of hydrogen-bond donors (Lipinski definition) is 2. The Kier molecular flexibility index (Phi) is 10.6. The zero-order valence-corrected chi connectivity index (χ0v) is 37.5. The van der Waals surface area contributed by atoms with Crippen molar-refractivity contribution in [3.05, 3.63) is 293 Å². The van der Waals surface area contributed by atoms with Crippen LogP contribution >= 0.6 is 11.3 Å². The molecule has 9 aromatic carbocycles. The van der Waals surface area contributed by atoms with Crippen LogP contribution in [-0.4, -0.2) is 5.71 Å². The Morgan fingerprint density at radius 2 is 0.925 bits per heavy atom. The highest BCUT2D eigenvalue weighted by Gasteiger charge is 2.33. The van der Waals surface area contributed by atoms with Crippen LogP contribution in [-0.2, 0) is 0 Å². The van der Waals surface area contributed by atoms with Crippen LogP contribution in [0.1, 0.15) is 56.7 Å². The topological polar surface area (TPSA) is 36.4 Å². The van der Waals surface area contributed by atoms with Gasteiger partial charge >= 0.3 is 0 Å². The summed E-state index contributed by atoms with van der Waals surface area (Å²) in [6, 6.07) is 87.2. The number of allylic oxidation sites excluding steroid dienone is 3. The highest BCUT2D eigenvalue weighted by molar-refractivity contribution is 7.26. The Morgan fingerprint density at radius 1 is 0.388 bits per heavy atom. The number of hydrogen-bond acceptors (Lipinski definition) is 4. The summed E-state index contributed by atoms with van der Waals surface area (Å²) in [6.07, 6.45) is 1.95. The van der Waals surface area contributed by atoms with Crippen LogP contribution in [0.15, 0.2) is 254 Å². The first-order valence-electron chi connectivity index (χ1n) is 22.9. The minimum atomic E-state index is -0.292. The lowest BCUT2D eigenvalue weighted by Crippen LogP contribution is -2.27. The van der Waals surface area contributed by atoms with E-state index < -0.39 is 0 Å². The molecular weight excluding hydrogens is 831 g/mol. The molecule has 318 valence electrons. The first kappa shape index (κ1) is 40.2. The maximum atomic E-state index is 5.50. The van der Waals surface area contributed by atoms with E-state index in [0.717, 1.165) is 56.1 Å². The van der Waals surface area contributed by atoms with E-state index in [1.807, 2.05) is 11.3 Å². The van der Waals surface area contributed by atoms with Crippen LogP contribution in [0.25, 0.3) is 59.4 Å². The Morgan fingerprint density at radius 3 is 1.66 bits per heavy atom. The third kappa shape index (κ3) is 7.67. The van der Waals surface area contributed by atoms with Crippen molar-refractivity contribution >= 4 is 65.3 Å². The molecule has 0 radical (unpaired) electrons. The lowest BCUT2D eigenvalue weighted by molar-refractivity contribution is 0.664. The summed E-state index contributed by atoms with van der Waals surface area (Å²) < 4.78 is 2.62. The molecule has 67 heavy (non-hydrogen) atoms. The van der Waals surface area contributed by atoms with Gasteiger partial charge < -0.3 is 10.6 Å². The second-order valence-electron chi connectivity index (χ2n) is 17.1. The number of nitrogens with zero attached hydrogens (tertiary/aromatic N) is 1. The van der Waals surface area contributed by atoms with Gasteiger partial charge in [0.2, 0.25) is 0 Å². The molecule has 1 aromatic heterocycles. The number of dihydropyridines is 1. The van der Waals surface area contributed by atoms with E-state index in [-0.39, 0.29) is 12.2 Å². The van der Waals surface area contributed by atoms with E-state index in [0.29, 0.717) is 0 Å². The van der Waals surface area contributed by atoms with Gasteiger partial charge in [0.25, 0.3) is 0 Å². The van der Waals surface area contributed by atoms with Gasteiger partial charge in [-0.15, -0.1) is 11.3 Å². The van der Waals surface area contributed by atoms with Crippen LogP contribution in [0.4, 0.5) is 0 Å². The van der Waals surface area contributed by atoms with Gasteiger partial charge in [-0.2, -0.15) is 0 Å². The van der Waals surface area contributed by atoms with E-state index in [4.69, 9.17) is 4.99 Å². The molecule has 0 fully saturated rings. The third-order valence-electron chi connectivity index (χ3n) is 13.0.